The van der Waals surface area contributed by atoms with E-state index in [0.717, 1.165) is 11.6 Å². The van der Waals surface area contributed by atoms with Crippen LogP contribution in [-0.2, 0) is 11.0 Å². The molecule has 1 aromatic heterocycles. The average molecular weight is 413 g/mol. The van der Waals surface area contributed by atoms with Crippen molar-refractivity contribution in [1.29, 1.82) is 0 Å². The van der Waals surface area contributed by atoms with Crippen molar-refractivity contribution in [2.75, 3.05) is 13.1 Å². The van der Waals surface area contributed by atoms with E-state index in [4.69, 9.17) is 11.6 Å². The normalized spacial score (nSPS) is 17.5. The Bertz CT molecular complexity index is 848. The van der Waals surface area contributed by atoms with E-state index in [1.807, 2.05) is 17.9 Å². The third-order valence-corrected chi connectivity index (χ3v) is 5.40. The second-order valence-corrected chi connectivity index (χ2v) is 7.46. The first-order valence-corrected chi connectivity index (χ1v) is 9.30. The summed E-state index contributed by atoms with van der Waals surface area (Å²) in [6.07, 6.45) is -2.00. The van der Waals surface area contributed by atoms with Gasteiger partial charge in [0.25, 0.3) is 0 Å². The molecule has 1 atom stereocenters. The Hall–Kier alpha value is -2.12. The van der Waals surface area contributed by atoms with E-state index >= 15 is 0 Å². The lowest BCUT2D eigenvalue weighted by Crippen LogP contribution is -2.39. The van der Waals surface area contributed by atoms with Crippen molar-refractivity contribution < 1.29 is 23.1 Å². The third-order valence-electron chi connectivity index (χ3n) is 5.07. The van der Waals surface area contributed by atoms with Gasteiger partial charge < -0.3 is 5.11 Å². The number of hydrogen-bond donors (Lipinski definition) is 1. The minimum Gasteiger partial charge on any atom is -0.481 e. The molecule has 0 aliphatic carbocycles. The summed E-state index contributed by atoms with van der Waals surface area (Å²) in [5, 5.41) is 8.86. The standard InChI is InChI=1S/C20H20ClF3N2O2/c1-12-2-5-17(25-11-12)18(26-8-6-13(7-9-26)19(27)28)14-3-4-16(21)15(10-14)20(22,23)24/h2-5,10-11,13,18H,6-9H2,1H3,(H,27,28). The first-order chi connectivity index (χ1) is 13.2. The molecule has 150 valence electrons. The number of carboxylic acids is 1. The number of rotatable bonds is 4. The van der Waals surface area contributed by atoms with Gasteiger partial charge in [0.15, 0.2) is 0 Å². The van der Waals surface area contributed by atoms with Gasteiger partial charge >= 0.3 is 12.1 Å². The number of nitrogens with zero attached hydrogens (tertiary/aromatic N) is 2. The van der Waals surface area contributed by atoms with E-state index in [9.17, 15) is 23.1 Å². The number of likely N-dealkylation sites (tertiary alicyclic amines) is 1. The van der Waals surface area contributed by atoms with Crippen LogP contribution < -0.4 is 0 Å². The Morgan fingerprint density at radius 2 is 1.93 bits per heavy atom. The molecule has 0 bridgehead atoms. The Morgan fingerprint density at radius 3 is 2.46 bits per heavy atom. The van der Waals surface area contributed by atoms with Crippen molar-refractivity contribution in [3.05, 3.63) is 63.9 Å². The largest absolute Gasteiger partial charge is 0.481 e. The minimum absolute atomic E-state index is 0.351. The van der Waals surface area contributed by atoms with Gasteiger partial charge in [0.05, 0.1) is 28.2 Å². The number of aromatic nitrogens is 1. The number of aliphatic carboxylic acids is 1. The summed E-state index contributed by atoms with van der Waals surface area (Å²) in [4.78, 5) is 17.6. The number of aryl methyl sites for hydroxylation is 1. The molecule has 1 N–H and O–H groups in total. The lowest BCUT2D eigenvalue weighted by atomic mass is 9.92. The van der Waals surface area contributed by atoms with Gasteiger partial charge in [-0.3, -0.25) is 14.7 Å². The van der Waals surface area contributed by atoms with Crippen molar-refractivity contribution in [1.82, 2.24) is 9.88 Å². The molecule has 1 unspecified atom stereocenters. The van der Waals surface area contributed by atoms with Crippen molar-refractivity contribution in [3.63, 3.8) is 0 Å². The van der Waals surface area contributed by atoms with Crippen molar-refractivity contribution in [3.8, 4) is 0 Å². The summed E-state index contributed by atoms with van der Waals surface area (Å²) in [6.45, 7) is 2.80. The highest BCUT2D eigenvalue weighted by atomic mass is 35.5. The van der Waals surface area contributed by atoms with Crippen LogP contribution >= 0.6 is 11.6 Å². The van der Waals surface area contributed by atoms with Crippen LogP contribution in [-0.4, -0.2) is 34.0 Å². The van der Waals surface area contributed by atoms with Gasteiger partial charge in [-0.15, -0.1) is 0 Å². The van der Waals surface area contributed by atoms with Crippen LogP contribution in [0.25, 0.3) is 0 Å². The molecule has 8 heteroatoms. The van der Waals surface area contributed by atoms with Crippen LogP contribution in [0.4, 0.5) is 13.2 Å². The Labute approximate surface area is 166 Å². The molecular formula is C20H20ClF3N2O2. The molecule has 1 fully saturated rings. The summed E-state index contributed by atoms with van der Waals surface area (Å²) >= 11 is 5.78. The summed E-state index contributed by atoms with van der Waals surface area (Å²) in [5.74, 6) is -1.27. The predicted octanol–water partition coefficient (Wildman–Crippen LogP) is 4.95. The number of alkyl halides is 3. The topological polar surface area (TPSA) is 53.4 Å². The number of piperidine rings is 1. The molecule has 1 saturated heterocycles. The number of carbonyl (C=O) groups is 1. The van der Waals surface area contributed by atoms with Crippen LogP contribution in [0.1, 0.15) is 41.3 Å². The molecule has 3 rings (SSSR count). The van der Waals surface area contributed by atoms with E-state index in [2.05, 4.69) is 4.98 Å². The highest BCUT2D eigenvalue weighted by Crippen LogP contribution is 2.39. The zero-order valence-electron chi connectivity index (χ0n) is 15.2. The zero-order valence-corrected chi connectivity index (χ0v) is 16.0. The molecule has 0 amide bonds. The fourth-order valence-corrected chi connectivity index (χ4v) is 3.77. The SMILES string of the molecule is Cc1ccc(C(c2ccc(Cl)c(C(F)(F)F)c2)N2CCC(C(=O)O)CC2)nc1. The van der Waals surface area contributed by atoms with Gasteiger partial charge in [-0.05, 0) is 62.2 Å². The highest BCUT2D eigenvalue weighted by molar-refractivity contribution is 6.31. The maximum Gasteiger partial charge on any atom is 0.417 e. The van der Waals surface area contributed by atoms with E-state index < -0.39 is 29.7 Å². The molecular weight excluding hydrogens is 393 g/mol. The highest BCUT2D eigenvalue weighted by Gasteiger charge is 2.36. The van der Waals surface area contributed by atoms with Crippen LogP contribution in [0.5, 0.6) is 0 Å². The van der Waals surface area contributed by atoms with Crippen LogP contribution in [0.3, 0.4) is 0 Å². The molecule has 2 heterocycles. The molecule has 1 aliphatic heterocycles. The van der Waals surface area contributed by atoms with E-state index in [1.165, 1.54) is 6.07 Å². The summed E-state index contributed by atoms with van der Waals surface area (Å²) < 4.78 is 40.1. The molecule has 4 nitrogen and oxygen atoms in total. The fourth-order valence-electron chi connectivity index (χ4n) is 3.54. The second-order valence-electron chi connectivity index (χ2n) is 7.05. The monoisotopic (exact) mass is 412 g/mol. The quantitative estimate of drug-likeness (QED) is 0.772. The van der Waals surface area contributed by atoms with Crippen LogP contribution in [0.2, 0.25) is 5.02 Å². The third kappa shape index (κ3) is 4.47. The van der Waals surface area contributed by atoms with Crippen molar-refractivity contribution >= 4 is 17.6 Å². The predicted molar refractivity (Wildman–Crippen MR) is 99.2 cm³/mol. The lowest BCUT2D eigenvalue weighted by Gasteiger charge is -2.36. The van der Waals surface area contributed by atoms with Gasteiger partial charge in [0, 0.05) is 6.20 Å². The van der Waals surface area contributed by atoms with Crippen molar-refractivity contribution in [2.24, 2.45) is 5.92 Å². The Balaban J connectivity index is 2.00. The molecule has 28 heavy (non-hydrogen) atoms. The number of hydrogen-bond acceptors (Lipinski definition) is 3. The summed E-state index contributed by atoms with van der Waals surface area (Å²) in [7, 11) is 0. The average Bonchev–Trinajstić information content (AvgIpc) is 2.64. The van der Waals surface area contributed by atoms with Crippen molar-refractivity contribution in [2.45, 2.75) is 32.0 Å². The second kappa shape index (κ2) is 8.09. The molecule has 1 aromatic carbocycles. The van der Waals surface area contributed by atoms with E-state index in [0.29, 0.717) is 37.2 Å². The molecule has 2 aromatic rings. The molecule has 0 radical (unpaired) electrons. The van der Waals surface area contributed by atoms with E-state index in [-0.39, 0.29) is 5.02 Å². The summed E-state index contributed by atoms with van der Waals surface area (Å²) in [5.41, 5.74) is 1.11. The van der Waals surface area contributed by atoms with Gasteiger partial charge in [-0.1, -0.05) is 23.7 Å². The number of carboxylic acid groups (broad SMARTS) is 1. The lowest BCUT2D eigenvalue weighted by molar-refractivity contribution is -0.143. The zero-order chi connectivity index (χ0) is 20.5. The first-order valence-electron chi connectivity index (χ1n) is 8.93. The number of halogens is 4. The maximum absolute atomic E-state index is 13.4. The maximum atomic E-state index is 13.4. The molecule has 1 aliphatic rings. The summed E-state index contributed by atoms with van der Waals surface area (Å²) in [6, 6.07) is 7.05. The van der Waals surface area contributed by atoms with Gasteiger partial charge in [0.2, 0.25) is 0 Å². The minimum atomic E-state index is -4.56. The molecule has 0 saturated carbocycles. The fraction of sp³-hybridized carbons (Fsp3) is 0.400. The van der Waals surface area contributed by atoms with Gasteiger partial charge in [-0.2, -0.15) is 13.2 Å². The number of pyridine rings is 1. The number of benzene rings is 1. The first kappa shape index (κ1) is 20.6. The Kier molecular flexibility index (Phi) is 5.95. The van der Waals surface area contributed by atoms with Crippen LogP contribution in [0.15, 0.2) is 36.5 Å². The molecule has 0 spiro atoms. The van der Waals surface area contributed by atoms with Gasteiger partial charge in [0.1, 0.15) is 0 Å². The van der Waals surface area contributed by atoms with Gasteiger partial charge in [-0.25, -0.2) is 0 Å². The smallest absolute Gasteiger partial charge is 0.417 e. The van der Waals surface area contributed by atoms with E-state index in [1.54, 1.807) is 18.3 Å². The Morgan fingerprint density at radius 1 is 1.25 bits per heavy atom. The van der Waals surface area contributed by atoms with Crippen LogP contribution in [0, 0.1) is 12.8 Å².